The first kappa shape index (κ1) is 73.6. The number of nitrogens with one attached hydrogen (secondary N) is 1. The molecule has 1 N–H and O–H groups in total. The molecule has 3 saturated heterocycles. The van der Waals surface area contributed by atoms with Crippen LogP contribution in [0.2, 0.25) is 0 Å². The molecule has 5 aromatic heterocycles. The van der Waals surface area contributed by atoms with Crippen molar-refractivity contribution >= 4 is 70.1 Å². The number of likely N-dealkylation sites (tertiary alicyclic amines) is 2. The van der Waals surface area contributed by atoms with E-state index in [1.165, 1.54) is 108 Å². The van der Waals surface area contributed by atoms with E-state index >= 15 is 0 Å². The lowest BCUT2D eigenvalue weighted by molar-refractivity contribution is 0.170. The van der Waals surface area contributed by atoms with Gasteiger partial charge in [0.1, 0.15) is 17.2 Å². The standard InChI is InChI=1S/2C27H36N4O2.C21H31N3O2.3ClH/c2*1-30(2)18-24-26(32-19-21-6-7-21)11-9-23-25(29-33-27(23)24)10-8-20-12-15-31(16-13-20)17-22-5-3-4-14-28-22;1-24(2)13-18-20(25-14-16-3-4-16)8-6-17-19(23-26-21(17)18)7-5-15-9-11-22-12-10-15;;;/h2*3-5,9,11,14,20-21H,6-8,10,12-13,15-19H2,1-2H3;6,8,15-16,22H,3-5,7,9-14H2,1-2H3;3*1H. The van der Waals surface area contributed by atoms with Gasteiger partial charge in [0.25, 0.3) is 0 Å². The van der Waals surface area contributed by atoms with Gasteiger partial charge in [0, 0.05) is 61.3 Å². The van der Waals surface area contributed by atoms with Gasteiger partial charge >= 0.3 is 0 Å². The Morgan fingerprint density at radius 1 is 0.411 bits per heavy atom. The summed E-state index contributed by atoms with van der Waals surface area (Å²) >= 11 is 0. The van der Waals surface area contributed by atoms with E-state index in [0.29, 0.717) is 0 Å². The molecular weight excluding hydrogens is 1260 g/mol. The number of aryl methyl sites for hydroxylation is 3. The zero-order chi connectivity index (χ0) is 63.2. The summed E-state index contributed by atoms with van der Waals surface area (Å²) in [5.41, 5.74) is 11.7. The molecule has 3 aliphatic carbocycles. The first-order valence-corrected chi connectivity index (χ1v) is 35.0. The zero-order valence-corrected chi connectivity index (χ0v) is 59.8. The second kappa shape index (κ2) is 36.3. The topological polar surface area (TPSA) is 160 Å². The third-order valence-corrected chi connectivity index (χ3v) is 19.7. The highest BCUT2D eigenvalue weighted by Crippen LogP contribution is 2.39. The number of pyridine rings is 2. The van der Waals surface area contributed by atoms with Gasteiger partial charge in [-0.15, -0.1) is 37.2 Å². The summed E-state index contributed by atoms with van der Waals surface area (Å²) < 4.78 is 36.0. The molecule has 3 saturated carbocycles. The summed E-state index contributed by atoms with van der Waals surface area (Å²) in [6, 6.07) is 25.2. The Kier molecular flexibility index (Phi) is 28.1. The van der Waals surface area contributed by atoms with Gasteiger partial charge in [-0.25, -0.2) is 0 Å². The Bertz CT molecular complexity index is 3380. The van der Waals surface area contributed by atoms with Crippen molar-refractivity contribution in [1.29, 1.82) is 0 Å². The lowest BCUT2D eigenvalue weighted by Crippen LogP contribution is -2.33. The maximum absolute atomic E-state index is 6.16. The van der Waals surface area contributed by atoms with Crippen LogP contribution in [0.4, 0.5) is 0 Å². The Labute approximate surface area is 582 Å². The molecule has 95 heavy (non-hydrogen) atoms. The van der Waals surface area contributed by atoms with Crippen LogP contribution in [0.1, 0.15) is 141 Å². The minimum atomic E-state index is 0. The molecule has 518 valence electrons. The summed E-state index contributed by atoms with van der Waals surface area (Å²) in [4.78, 5) is 20.5. The number of piperidine rings is 3. The zero-order valence-electron chi connectivity index (χ0n) is 57.3. The first-order chi connectivity index (χ1) is 45.0. The van der Waals surface area contributed by atoms with Crippen molar-refractivity contribution in [2.75, 3.05) is 101 Å². The normalized spacial score (nSPS) is 17.5. The molecule has 14 rings (SSSR count). The Hall–Kier alpha value is -5.60. The summed E-state index contributed by atoms with van der Waals surface area (Å²) in [5.74, 6) is 7.37. The molecule has 6 aliphatic rings. The minimum Gasteiger partial charge on any atom is -0.493 e. The van der Waals surface area contributed by atoms with Gasteiger partial charge in [-0.1, -0.05) is 27.6 Å². The second-order valence-electron chi connectivity index (χ2n) is 28.5. The number of halogens is 3. The van der Waals surface area contributed by atoms with Crippen molar-refractivity contribution in [3.8, 4) is 17.2 Å². The monoisotopic (exact) mass is 1360 g/mol. The van der Waals surface area contributed by atoms with Gasteiger partial charge < -0.3 is 47.8 Å². The van der Waals surface area contributed by atoms with Crippen LogP contribution in [0.15, 0.2) is 98.8 Å². The molecule has 8 aromatic rings. The van der Waals surface area contributed by atoms with Gasteiger partial charge in [-0.3, -0.25) is 19.8 Å². The largest absolute Gasteiger partial charge is 0.493 e. The number of aromatic nitrogens is 5. The second-order valence-corrected chi connectivity index (χ2v) is 28.5. The summed E-state index contributed by atoms with van der Waals surface area (Å²) in [7, 11) is 12.5. The quantitative estimate of drug-likeness (QED) is 0.0493. The van der Waals surface area contributed by atoms with Crippen molar-refractivity contribution < 1.29 is 27.8 Å². The van der Waals surface area contributed by atoms with Crippen molar-refractivity contribution in [1.82, 2.24) is 55.3 Å². The summed E-state index contributed by atoms with van der Waals surface area (Å²) in [5, 5.41) is 20.3. The SMILES string of the molecule is CN(C)Cc1c(OCC2CC2)ccc2c(CCC3CCN(Cc4ccccn4)CC3)noc12.CN(C)Cc1c(OCC2CC2)ccc2c(CCC3CCN(Cc4ccccn4)CC3)noc12.CN(C)Cc1c(OCC2CC2)ccc2c(CCC3CCNCC3)noc12.Cl.Cl.Cl. The average molecular weight is 1360 g/mol. The highest BCUT2D eigenvalue weighted by molar-refractivity contribution is 5.87. The fourth-order valence-electron chi connectivity index (χ4n) is 13.6. The highest BCUT2D eigenvalue weighted by Gasteiger charge is 2.29. The van der Waals surface area contributed by atoms with Gasteiger partial charge in [0.2, 0.25) is 0 Å². The van der Waals surface area contributed by atoms with E-state index in [4.69, 9.17) is 27.8 Å². The van der Waals surface area contributed by atoms with Crippen LogP contribution in [0.5, 0.6) is 17.2 Å². The molecule has 0 atom stereocenters. The van der Waals surface area contributed by atoms with Crippen LogP contribution in [0, 0.1) is 35.5 Å². The van der Waals surface area contributed by atoms with E-state index in [1.807, 2.05) is 24.5 Å². The maximum atomic E-state index is 6.16. The molecule has 0 amide bonds. The van der Waals surface area contributed by atoms with Gasteiger partial charge in [-0.2, -0.15) is 0 Å². The maximum Gasteiger partial charge on any atom is 0.175 e. The smallest absolute Gasteiger partial charge is 0.175 e. The van der Waals surface area contributed by atoms with E-state index in [-0.39, 0.29) is 37.2 Å². The molecule has 20 heteroatoms. The predicted octanol–water partition coefficient (Wildman–Crippen LogP) is 14.7. The lowest BCUT2D eigenvalue weighted by atomic mass is 9.91. The molecule has 17 nitrogen and oxygen atoms in total. The molecule has 0 spiro atoms. The van der Waals surface area contributed by atoms with Gasteiger partial charge in [-0.05, 0) is 293 Å². The summed E-state index contributed by atoms with van der Waals surface area (Å²) in [6.45, 7) is 13.7. The van der Waals surface area contributed by atoms with Crippen LogP contribution in [-0.4, -0.2) is 151 Å². The molecule has 3 aromatic carbocycles. The number of nitrogens with zero attached hydrogens (tertiary/aromatic N) is 10. The molecular formula is C75H106Cl3N11O6. The van der Waals surface area contributed by atoms with E-state index in [2.05, 4.69) is 158 Å². The first-order valence-electron chi connectivity index (χ1n) is 35.0. The van der Waals surface area contributed by atoms with Crippen molar-refractivity contribution in [3.63, 3.8) is 0 Å². The molecule has 0 unspecified atom stereocenters. The van der Waals surface area contributed by atoms with Crippen molar-refractivity contribution in [2.45, 2.75) is 148 Å². The van der Waals surface area contributed by atoms with E-state index < -0.39 is 0 Å². The number of rotatable bonds is 28. The van der Waals surface area contributed by atoms with Gasteiger partial charge in [0.05, 0.1) is 65.0 Å². The van der Waals surface area contributed by atoms with Crippen LogP contribution in [0.3, 0.4) is 0 Å². The molecule has 0 bridgehead atoms. The molecule has 6 fully saturated rings. The number of hydrogen-bond acceptors (Lipinski definition) is 17. The Morgan fingerprint density at radius 2 is 0.737 bits per heavy atom. The number of benzene rings is 3. The number of ether oxygens (including phenoxy) is 3. The van der Waals surface area contributed by atoms with Crippen LogP contribution < -0.4 is 19.5 Å². The average Bonchev–Trinajstić information content (AvgIpc) is 1.68. The predicted molar refractivity (Wildman–Crippen MR) is 386 cm³/mol. The van der Waals surface area contributed by atoms with E-state index in [9.17, 15) is 0 Å². The summed E-state index contributed by atoms with van der Waals surface area (Å²) in [6.07, 6.45) is 25.6. The van der Waals surface area contributed by atoms with Gasteiger partial charge in [0.15, 0.2) is 16.7 Å². The fraction of sp³-hybridized carbons (Fsp3) is 0.587. The lowest BCUT2D eigenvalue weighted by Gasteiger charge is -2.31. The van der Waals surface area contributed by atoms with Crippen LogP contribution in [-0.2, 0) is 52.0 Å². The molecule has 3 aliphatic heterocycles. The minimum absolute atomic E-state index is 0. The highest BCUT2D eigenvalue weighted by atomic mass is 35.5. The molecule has 8 heterocycles. The molecule has 0 radical (unpaired) electrons. The fourth-order valence-corrected chi connectivity index (χ4v) is 13.6. The van der Waals surface area contributed by atoms with Crippen LogP contribution in [0.25, 0.3) is 32.9 Å². The van der Waals surface area contributed by atoms with Crippen LogP contribution >= 0.6 is 37.2 Å². The third-order valence-electron chi connectivity index (χ3n) is 19.7. The number of fused-ring (bicyclic) bond motifs is 3. The van der Waals surface area contributed by atoms with Crippen molar-refractivity contribution in [3.05, 3.63) is 130 Å². The van der Waals surface area contributed by atoms with Crippen molar-refractivity contribution in [2.24, 2.45) is 35.5 Å². The number of hydrogen-bond donors (Lipinski definition) is 1. The van der Waals surface area contributed by atoms with E-state index in [1.54, 1.807) is 0 Å². The van der Waals surface area contributed by atoms with E-state index in [0.717, 1.165) is 231 Å². The third kappa shape index (κ3) is 21.4. The Morgan fingerprint density at radius 3 is 1.03 bits per heavy atom. The Balaban J connectivity index is 0.000000166.